The lowest BCUT2D eigenvalue weighted by Gasteiger charge is -2.13. The smallest absolute Gasteiger partial charge is 0.0432 e. The number of aromatic nitrogens is 2. The minimum atomic E-state index is 0.488. The van der Waals surface area contributed by atoms with Gasteiger partial charge in [0.05, 0.1) is 0 Å². The summed E-state index contributed by atoms with van der Waals surface area (Å²) in [5.74, 6) is 2.62. The van der Waals surface area contributed by atoms with Crippen molar-refractivity contribution in [3.05, 3.63) is 53.1 Å². The van der Waals surface area contributed by atoms with E-state index in [4.69, 9.17) is 0 Å². The molecule has 0 fully saturated rings. The van der Waals surface area contributed by atoms with E-state index < -0.39 is 0 Å². The van der Waals surface area contributed by atoms with Gasteiger partial charge in [-0.05, 0) is 60.1 Å². The van der Waals surface area contributed by atoms with E-state index in [0.717, 1.165) is 12.2 Å². The summed E-state index contributed by atoms with van der Waals surface area (Å²) in [6.07, 6.45) is 5.20. The number of nitrogens with zero attached hydrogens (tertiary/aromatic N) is 2. The van der Waals surface area contributed by atoms with Crippen molar-refractivity contribution in [1.82, 2.24) is 9.97 Å². The van der Waals surface area contributed by atoms with Gasteiger partial charge < -0.3 is 0 Å². The van der Waals surface area contributed by atoms with Crippen molar-refractivity contribution >= 4 is 11.8 Å². The number of rotatable bonds is 7. The van der Waals surface area contributed by atoms with Crippen molar-refractivity contribution in [2.75, 3.05) is 5.75 Å². The van der Waals surface area contributed by atoms with Crippen molar-refractivity contribution in [2.24, 2.45) is 0 Å². The van der Waals surface area contributed by atoms with Crippen molar-refractivity contribution in [3.8, 4) is 0 Å². The number of aryl methyl sites for hydroxylation is 1. The molecule has 1 atom stereocenters. The molecule has 0 amide bonds. The molecular formula is C21H30N2S. The molecule has 1 unspecified atom stereocenters. The first-order valence-corrected chi connectivity index (χ1v) is 9.92. The summed E-state index contributed by atoms with van der Waals surface area (Å²) in [6, 6.07) is 6.63. The number of thioether (sulfide) groups is 1. The van der Waals surface area contributed by atoms with Crippen LogP contribution in [0, 0.1) is 6.92 Å². The molecular weight excluding hydrogens is 312 g/mol. The van der Waals surface area contributed by atoms with Gasteiger partial charge in [0.25, 0.3) is 0 Å². The zero-order chi connectivity index (χ0) is 17.7. The maximum absolute atomic E-state index is 4.65. The van der Waals surface area contributed by atoms with Crippen LogP contribution in [0.1, 0.15) is 81.3 Å². The topological polar surface area (TPSA) is 25.8 Å². The fourth-order valence-corrected chi connectivity index (χ4v) is 3.68. The average molecular weight is 343 g/mol. The van der Waals surface area contributed by atoms with E-state index in [1.807, 2.05) is 24.2 Å². The lowest BCUT2D eigenvalue weighted by Crippen LogP contribution is -2.00. The molecule has 2 nitrogen and oxygen atoms in total. The number of hydrogen-bond acceptors (Lipinski definition) is 3. The molecule has 24 heavy (non-hydrogen) atoms. The Hall–Kier alpha value is -1.35. The molecule has 0 spiro atoms. The first-order valence-electron chi connectivity index (χ1n) is 8.93. The van der Waals surface area contributed by atoms with E-state index in [-0.39, 0.29) is 0 Å². The standard InChI is InChI=1S/C21H30N2S/c1-14(2)18-7-8-19(22-12-18)16(5)9-10-24-21-13-23-20(15(3)4)11-17(21)6/h7-8,11-16H,9-10H2,1-6H3. The van der Waals surface area contributed by atoms with Gasteiger partial charge in [-0.15, -0.1) is 11.8 Å². The monoisotopic (exact) mass is 342 g/mol. The molecule has 130 valence electrons. The molecule has 3 heteroatoms. The third kappa shape index (κ3) is 5.07. The van der Waals surface area contributed by atoms with Crippen molar-refractivity contribution in [2.45, 2.75) is 70.6 Å². The highest BCUT2D eigenvalue weighted by atomic mass is 32.2. The third-order valence-electron chi connectivity index (χ3n) is 4.46. The van der Waals surface area contributed by atoms with Crippen LogP contribution in [0.15, 0.2) is 35.5 Å². The van der Waals surface area contributed by atoms with Gasteiger partial charge in [-0.1, -0.05) is 40.7 Å². The molecule has 2 aromatic rings. The van der Waals surface area contributed by atoms with Gasteiger partial charge in [-0.3, -0.25) is 9.97 Å². The zero-order valence-corrected chi connectivity index (χ0v) is 16.7. The first kappa shape index (κ1) is 19.0. The Labute approximate surface area is 151 Å². The highest BCUT2D eigenvalue weighted by molar-refractivity contribution is 7.99. The Balaban J connectivity index is 1.89. The van der Waals surface area contributed by atoms with Crippen LogP contribution < -0.4 is 0 Å². The number of pyridine rings is 2. The molecule has 0 aromatic carbocycles. The average Bonchev–Trinajstić information content (AvgIpc) is 2.56. The molecule has 0 saturated carbocycles. The van der Waals surface area contributed by atoms with Crippen LogP contribution in [-0.2, 0) is 0 Å². The van der Waals surface area contributed by atoms with Crippen molar-refractivity contribution < 1.29 is 0 Å². The quantitative estimate of drug-likeness (QED) is 0.551. The van der Waals surface area contributed by atoms with Crippen molar-refractivity contribution in [1.29, 1.82) is 0 Å². The maximum atomic E-state index is 4.65. The van der Waals surface area contributed by atoms with Gasteiger partial charge in [0.1, 0.15) is 0 Å². The molecule has 2 heterocycles. The van der Waals surface area contributed by atoms with Crippen LogP contribution >= 0.6 is 11.8 Å². The molecule has 0 aliphatic carbocycles. The van der Waals surface area contributed by atoms with E-state index in [1.54, 1.807) is 0 Å². The summed E-state index contributed by atoms with van der Waals surface area (Å²) in [5, 5.41) is 0. The largest absolute Gasteiger partial charge is 0.261 e. The van der Waals surface area contributed by atoms with Crippen LogP contribution in [-0.4, -0.2) is 15.7 Å². The summed E-state index contributed by atoms with van der Waals surface area (Å²) in [5.41, 5.74) is 5.03. The SMILES string of the molecule is Cc1cc(C(C)C)ncc1SCCC(C)c1ccc(C(C)C)cn1. The normalized spacial score (nSPS) is 12.8. The lowest BCUT2D eigenvalue weighted by molar-refractivity contribution is 0.710. The van der Waals surface area contributed by atoms with Gasteiger partial charge in [-0.25, -0.2) is 0 Å². The summed E-state index contributed by atoms with van der Waals surface area (Å²) in [6.45, 7) is 13.2. The lowest BCUT2D eigenvalue weighted by atomic mass is 10.0. The summed E-state index contributed by atoms with van der Waals surface area (Å²) >= 11 is 1.91. The van der Waals surface area contributed by atoms with E-state index in [1.165, 1.54) is 27.4 Å². The summed E-state index contributed by atoms with van der Waals surface area (Å²) in [7, 11) is 0. The highest BCUT2D eigenvalue weighted by Crippen LogP contribution is 2.28. The van der Waals surface area contributed by atoms with E-state index in [2.05, 4.69) is 69.7 Å². The van der Waals surface area contributed by atoms with Gasteiger partial charge in [-0.2, -0.15) is 0 Å². The second-order valence-corrected chi connectivity index (χ2v) is 8.38. The predicted molar refractivity (Wildman–Crippen MR) is 105 cm³/mol. The summed E-state index contributed by atoms with van der Waals surface area (Å²) in [4.78, 5) is 10.5. The maximum Gasteiger partial charge on any atom is 0.0432 e. The van der Waals surface area contributed by atoms with Gasteiger partial charge >= 0.3 is 0 Å². The Morgan fingerprint density at radius 3 is 2.17 bits per heavy atom. The Morgan fingerprint density at radius 1 is 0.917 bits per heavy atom. The fourth-order valence-electron chi connectivity index (χ4n) is 2.58. The zero-order valence-electron chi connectivity index (χ0n) is 15.8. The van der Waals surface area contributed by atoms with Crippen LogP contribution in [0.25, 0.3) is 0 Å². The molecule has 0 saturated heterocycles. The number of hydrogen-bond donors (Lipinski definition) is 0. The molecule has 2 rings (SSSR count). The minimum Gasteiger partial charge on any atom is -0.261 e. The Kier molecular flexibility index (Phi) is 6.85. The predicted octanol–water partition coefficient (Wildman–Crippen LogP) is 6.32. The van der Waals surface area contributed by atoms with Crippen LogP contribution in [0.5, 0.6) is 0 Å². The molecule has 0 bridgehead atoms. The second-order valence-electron chi connectivity index (χ2n) is 7.24. The van der Waals surface area contributed by atoms with Gasteiger partial charge in [0.2, 0.25) is 0 Å². The van der Waals surface area contributed by atoms with E-state index in [9.17, 15) is 0 Å². The fraction of sp³-hybridized carbons (Fsp3) is 0.524. The Bertz CT molecular complexity index is 647. The van der Waals surface area contributed by atoms with E-state index in [0.29, 0.717) is 17.8 Å². The molecule has 0 aliphatic rings. The van der Waals surface area contributed by atoms with Crippen molar-refractivity contribution in [3.63, 3.8) is 0 Å². The van der Waals surface area contributed by atoms with Crippen LogP contribution in [0.4, 0.5) is 0 Å². The van der Waals surface area contributed by atoms with E-state index >= 15 is 0 Å². The molecule has 0 radical (unpaired) electrons. The second kappa shape index (κ2) is 8.66. The molecule has 0 N–H and O–H groups in total. The van der Waals surface area contributed by atoms with Crippen LogP contribution in [0.2, 0.25) is 0 Å². The molecule has 0 aliphatic heterocycles. The van der Waals surface area contributed by atoms with Gasteiger partial charge in [0.15, 0.2) is 0 Å². The third-order valence-corrected chi connectivity index (χ3v) is 5.64. The van der Waals surface area contributed by atoms with Crippen LogP contribution in [0.3, 0.4) is 0 Å². The molecule has 2 aromatic heterocycles. The highest BCUT2D eigenvalue weighted by Gasteiger charge is 2.10. The van der Waals surface area contributed by atoms with Gasteiger partial charge in [0, 0.05) is 28.7 Å². The Morgan fingerprint density at radius 2 is 1.62 bits per heavy atom. The first-order chi connectivity index (χ1) is 11.4. The minimum absolute atomic E-state index is 0.488. The summed E-state index contributed by atoms with van der Waals surface area (Å²) < 4.78 is 0.